The summed E-state index contributed by atoms with van der Waals surface area (Å²) in [6, 6.07) is 0.523. The van der Waals surface area contributed by atoms with Gasteiger partial charge in [-0.1, -0.05) is 26.0 Å². The molecule has 0 aromatic carbocycles. The van der Waals surface area contributed by atoms with Gasteiger partial charge in [-0.15, -0.1) is 0 Å². The van der Waals surface area contributed by atoms with Crippen molar-refractivity contribution >= 4 is 5.96 Å². The molecular formula is C13H26N4. The van der Waals surface area contributed by atoms with Gasteiger partial charge in [-0.05, 0) is 25.9 Å². The molecule has 0 heterocycles. The molecule has 0 aromatic rings. The molecule has 4 heteroatoms. The van der Waals surface area contributed by atoms with Crippen LogP contribution in [0.1, 0.15) is 26.7 Å². The van der Waals surface area contributed by atoms with E-state index in [0.29, 0.717) is 6.04 Å². The van der Waals surface area contributed by atoms with Crippen LogP contribution in [0.25, 0.3) is 0 Å². The molecule has 1 rings (SSSR count). The maximum Gasteiger partial charge on any atom is 0.191 e. The van der Waals surface area contributed by atoms with Gasteiger partial charge in [0, 0.05) is 26.2 Å². The summed E-state index contributed by atoms with van der Waals surface area (Å²) in [5.74, 6) is 0.922. The molecule has 0 aliphatic heterocycles. The van der Waals surface area contributed by atoms with Crippen molar-refractivity contribution in [2.75, 3.05) is 33.2 Å². The van der Waals surface area contributed by atoms with Crippen molar-refractivity contribution in [2.45, 2.75) is 32.7 Å². The SMILES string of the molecule is CCN(CC)CCNC(=NC)NC1CC=CC1. The van der Waals surface area contributed by atoms with Crippen LogP contribution in [0.5, 0.6) is 0 Å². The first-order valence-electron chi connectivity index (χ1n) is 6.64. The number of nitrogens with zero attached hydrogens (tertiary/aromatic N) is 2. The van der Waals surface area contributed by atoms with Gasteiger partial charge in [0.05, 0.1) is 0 Å². The van der Waals surface area contributed by atoms with Crippen molar-refractivity contribution in [3.8, 4) is 0 Å². The average Bonchev–Trinajstić information content (AvgIpc) is 2.86. The zero-order valence-corrected chi connectivity index (χ0v) is 11.4. The molecule has 0 saturated heterocycles. The van der Waals surface area contributed by atoms with Crippen LogP contribution in [0.15, 0.2) is 17.1 Å². The second-order valence-corrected chi connectivity index (χ2v) is 4.31. The van der Waals surface area contributed by atoms with E-state index in [4.69, 9.17) is 0 Å². The van der Waals surface area contributed by atoms with Gasteiger partial charge in [0.2, 0.25) is 0 Å². The minimum atomic E-state index is 0.523. The Bertz CT molecular complexity index is 248. The third-order valence-corrected chi connectivity index (χ3v) is 3.19. The van der Waals surface area contributed by atoms with E-state index in [1.54, 1.807) is 0 Å². The maximum atomic E-state index is 4.25. The standard InChI is InChI=1S/C13H26N4/c1-4-17(5-2)11-10-15-13(14-3)16-12-8-6-7-9-12/h6-7,12H,4-5,8-11H2,1-3H3,(H2,14,15,16). The quantitative estimate of drug-likeness (QED) is 0.415. The van der Waals surface area contributed by atoms with Crippen LogP contribution < -0.4 is 10.6 Å². The Balaban J connectivity index is 2.18. The topological polar surface area (TPSA) is 39.7 Å². The van der Waals surface area contributed by atoms with Gasteiger partial charge in [-0.25, -0.2) is 0 Å². The van der Waals surface area contributed by atoms with Crippen LogP contribution in [0.4, 0.5) is 0 Å². The largest absolute Gasteiger partial charge is 0.355 e. The zero-order chi connectivity index (χ0) is 12.5. The summed E-state index contributed by atoms with van der Waals surface area (Å²) in [5, 5.41) is 6.80. The fourth-order valence-corrected chi connectivity index (χ4v) is 2.00. The van der Waals surface area contributed by atoms with Crippen LogP contribution in [-0.4, -0.2) is 50.1 Å². The van der Waals surface area contributed by atoms with E-state index in [9.17, 15) is 0 Å². The van der Waals surface area contributed by atoms with Crippen molar-refractivity contribution in [1.82, 2.24) is 15.5 Å². The fraction of sp³-hybridized carbons (Fsp3) is 0.769. The fourth-order valence-electron chi connectivity index (χ4n) is 2.00. The van der Waals surface area contributed by atoms with Gasteiger partial charge in [0.25, 0.3) is 0 Å². The molecule has 0 amide bonds. The molecular weight excluding hydrogens is 212 g/mol. The maximum absolute atomic E-state index is 4.25. The Morgan fingerprint density at radius 1 is 1.29 bits per heavy atom. The molecule has 0 radical (unpaired) electrons. The van der Waals surface area contributed by atoms with Crippen molar-refractivity contribution in [3.05, 3.63) is 12.2 Å². The van der Waals surface area contributed by atoms with Crippen molar-refractivity contribution in [3.63, 3.8) is 0 Å². The average molecular weight is 238 g/mol. The lowest BCUT2D eigenvalue weighted by Gasteiger charge is -2.20. The lowest BCUT2D eigenvalue weighted by atomic mass is 10.2. The smallest absolute Gasteiger partial charge is 0.191 e. The molecule has 4 nitrogen and oxygen atoms in total. The number of likely N-dealkylation sites (N-methyl/N-ethyl adjacent to an activating group) is 1. The number of aliphatic imine (C=N–C) groups is 1. The molecule has 0 atom stereocenters. The molecule has 0 bridgehead atoms. The molecule has 0 unspecified atom stereocenters. The van der Waals surface area contributed by atoms with Crippen molar-refractivity contribution in [2.24, 2.45) is 4.99 Å². The highest BCUT2D eigenvalue weighted by Crippen LogP contribution is 2.08. The summed E-state index contributed by atoms with van der Waals surface area (Å²) in [4.78, 5) is 6.65. The lowest BCUT2D eigenvalue weighted by molar-refractivity contribution is 0.308. The van der Waals surface area contributed by atoms with Gasteiger partial charge in [0.15, 0.2) is 5.96 Å². The van der Waals surface area contributed by atoms with E-state index in [1.807, 2.05) is 7.05 Å². The first-order valence-corrected chi connectivity index (χ1v) is 6.64. The van der Waals surface area contributed by atoms with Crippen LogP contribution in [0, 0.1) is 0 Å². The number of hydrogen-bond acceptors (Lipinski definition) is 2. The van der Waals surface area contributed by atoms with Crippen molar-refractivity contribution < 1.29 is 0 Å². The monoisotopic (exact) mass is 238 g/mol. The van der Waals surface area contributed by atoms with Gasteiger partial charge in [-0.3, -0.25) is 4.99 Å². The number of rotatable bonds is 6. The molecule has 1 aliphatic rings. The van der Waals surface area contributed by atoms with Crippen molar-refractivity contribution in [1.29, 1.82) is 0 Å². The Morgan fingerprint density at radius 3 is 2.47 bits per heavy atom. The third-order valence-electron chi connectivity index (χ3n) is 3.19. The van der Waals surface area contributed by atoms with E-state index in [1.165, 1.54) is 0 Å². The van der Waals surface area contributed by atoms with E-state index in [-0.39, 0.29) is 0 Å². The predicted molar refractivity (Wildman–Crippen MR) is 74.4 cm³/mol. The van der Waals surface area contributed by atoms with Gasteiger partial charge in [0.1, 0.15) is 0 Å². The summed E-state index contributed by atoms with van der Waals surface area (Å²) >= 11 is 0. The molecule has 0 fully saturated rings. The summed E-state index contributed by atoms with van der Waals surface area (Å²) in [6.45, 7) is 8.62. The minimum absolute atomic E-state index is 0.523. The lowest BCUT2D eigenvalue weighted by Crippen LogP contribution is -2.45. The van der Waals surface area contributed by atoms with Gasteiger partial charge < -0.3 is 15.5 Å². The predicted octanol–water partition coefficient (Wildman–Crippen LogP) is 1.21. The van der Waals surface area contributed by atoms with E-state index < -0.39 is 0 Å². The number of guanidine groups is 1. The highest BCUT2D eigenvalue weighted by molar-refractivity contribution is 5.80. The molecule has 2 N–H and O–H groups in total. The van der Waals surface area contributed by atoms with Gasteiger partial charge in [-0.2, -0.15) is 0 Å². The molecule has 0 aromatic heterocycles. The Hall–Kier alpha value is -1.03. The summed E-state index contributed by atoms with van der Waals surface area (Å²) in [6.07, 6.45) is 6.66. The molecule has 1 aliphatic carbocycles. The first kappa shape index (κ1) is 14.0. The second-order valence-electron chi connectivity index (χ2n) is 4.31. The summed E-state index contributed by atoms with van der Waals surface area (Å²) < 4.78 is 0. The highest BCUT2D eigenvalue weighted by Gasteiger charge is 2.11. The van der Waals surface area contributed by atoms with Crippen LogP contribution in [0.3, 0.4) is 0 Å². The van der Waals surface area contributed by atoms with Crippen LogP contribution in [-0.2, 0) is 0 Å². The highest BCUT2D eigenvalue weighted by atomic mass is 15.2. The number of hydrogen-bond donors (Lipinski definition) is 2. The van der Waals surface area contributed by atoms with Gasteiger partial charge >= 0.3 is 0 Å². The first-order chi connectivity index (χ1) is 8.30. The minimum Gasteiger partial charge on any atom is -0.355 e. The number of nitrogens with one attached hydrogen (secondary N) is 2. The summed E-state index contributed by atoms with van der Waals surface area (Å²) in [7, 11) is 1.83. The summed E-state index contributed by atoms with van der Waals surface area (Å²) in [5.41, 5.74) is 0. The molecule has 98 valence electrons. The Labute approximate surface area is 105 Å². The van der Waals surface area contributed by atoms with Crippen LogP contribution >= 0.6 is 0 Å². The normalized spacial score (nSPS) is 16.8. The Kier molecular flexibility index (Phi) is 6.70. The van der Waals surface area contributed by atoms with E-state index in [2.05, 4.69) is 46.5 Å². The second kappa shape index (κ2) is 8.12. The molecule has 0 saturated carbocycles. The van der Waals surface area contributed by atoms with E-state index >= 15 is 0 Å². The van der Waals surface area contributed by atoms with E-state index in [0.717, 1.165) is 45.0 Å². The molecule has 0 spiro atoms. The third kappa shape index (κ3) is 5.22. The molecule has 17 heavy (non-hydrogen) atoms. The Morgan fingerprint density at radius 2 is 1.94 bits per heavy atom. The van der Waals surface area contributed by atoms with Crippen LogP contribution in [0.2, 0.25) is 0 Å². The zero-order valence-electron chi connectivity index (χ0n) is 11.4.